The summed E-state index contributed by atoms with van der Waals surface area (Å²) >= 11 is 0. The summed E-state index contributed by atoms with van der Waals surface area (Å²) in [5, 5.41) is 0. The van der Waals surface area contributed by atoms with Gasteiger partial charge in [0.1, 0.15) is 0 Å². The third-order valence-corrected chi connectivity index (χ3v) is 2.00. The number of hydrogen-bond donors (Lipinski definition) is 0. The molecule has 0 spiro atoms. The van der Waals surface area contributed by atoms with Gasteiger partial charge < -0.3 is 9.80 Å². The second-order valence-corrected chi connectivity index (χ2v) is 3.65. The molecule has 0 aliphatic carbocycles. The average Bonchev–Trinajstić information content (AvgIpc) is 2.03. The Morgan fingerprint density at radius 3 is 1.54 bits per heavy atom. The molecule has 0 heterocycles. The van der Waals surface area contributed by atoms with E-state index in [9.17, 15) is 0 Å². The fourth-order valence-electron chi connectivity index (χ4n) is 1.17. The van der Waals surface area contributed by atoms with Crippen molar-refractivity contribution in [3.63, 3.8) is 0 Å². The lowest BCUT2D eigenvalue weighted by Gasteiger charge is -2.18. The molecule has 0 saturated carbocycles. The van der Waals surface area contributed by atoms with Gasteiger partial charge in [-0.1, -0.05) is 0 Å². The minimum Gasteiger partial charge on any atom is -0.378 e. The zero-order valence-electron chi connectivity index (χ0n) is 8.83. The van der Waals surface area contributed by atoms with Gasteiger partial charge in [-0.2, -0.15) is 0 Å². The summed E-state index contributed by atoms with van der Waals surface area (Å²) in [5.74, 6) is 0. The molecule has 1 aromatic rings. The van der Waals surface area contributed by atoms with Gasteiger partial charge in [-0.15, -0.1) is 0 Å². The van der Waals surface area contributed by atoms with E-state index >= 15 is 0 Å². The molecule has 1 rings (SSSR count). The quantitative estimate of drug-likeness (QED) is 0.681. The Kier molecular flexibility index (Phi) is 2.81. The van der Waals surface area contributed by atoms with Crippen molar-refractivity contribution in [2.75, 3.05) is 38.0 Å². The smallest absolute Gasteiger partial charge is 0.0384 e. The topological polar surface area (TPSA) is 6.48 Å². The van der Waals surface area contributed by atoms with E-state index < -0.39 is 0 Å². The summed E-state index contributed by atoms with van der Waals surface area (Å²) in [6, 6.07) is 6.30. The number of hydrogen-bond acceptors (Lipinski definition) is 2. The summed E-state index contributed by atoms with van der Waals surface area (Å²) in [5.41, 5.74) is 3.43. The first kappa shape index (κ1) is 9.90. The molecule has 0 N–H and O–H groups in total. The van der Waals surface area contributed by atoms with Crippen LogP contribution in [0.3, 0.4) is 0 Å². The van der Waals surface area contributed by atoms with Crippen molar-refractivity contribution >= 4 is 11.4 Å². The third kappa shape index (κ3) is 2.38. The minimum atomic E-state index is 1.05. The maximum absolute atomic E-state index is 3.95. The Balaban J connectivity index is 3.11. The van der Waals surface area contributed by atoms with E-state index in [-0.39, 0.29) is 0 Å². The molecule has 1 radical (unpaired) electrons. The molecular formula is C11H17N2. The fourth-order valence-corrected chi connectivity index (χ4v) is 1.17. The van der Waals surface area contributed by atoms with Crippen LogP contribution in [-0.2, 0) is 0 Å². The van der Waals surface area contributed by atoms with Crippen molar-refractivity contribution in [3.05, 3.63) is 30.7 Å². The highest BCUT2D eigenvalue weighted by atomic mass is 15.1. The predicted molar refractivity (Wildman–Crippen MR) is 59.6 cm³/mol. The zero-order valence-corrected chi connectivity index (χ0v) is 8.83. The summed E-state index contributed by atoms with van der Waals surface area (Å²) in [7, 11) is 8.14. The molecule has 71 valence electrons. The molecule has 13 heavy (non-hydrogen) atoms. The fraction of sp³-hybridized carbons (Fsp3) is 0.364. The van der Waals surface area contributed by atoms with Crippen molar-refractivity contribution in [1.82, 2.24) is 0 Å². The van der Waals surface area contributed by atoms with E-state index in [1.165, 1.54) is 11.4 Å². The minimum absolute atomic E-state index is 1.05. The van der Waals surface area contributed by atoms with Gasteiger partial charge in [0, 0.05) is 39.6 Å². The highest BCUT2D eigenvalue weighted by molar-refractivity contribution is 5.61. The summed E-state index contributed by atoms with van der Waals surface area (Å²) in [6.45, 7) is 3.95. The van der Waals surface area contributed by atoms with E-state index in [0.29, 0.717) is 0 Å². The van der Waals surface area contributed by atoms with Gasteiger partial charge in [0.15, 0.2) is 0 Å². The molecule has 0 unspecified atom stereocenters. The highest BCUT2D eigenvalue weighted by Gasteiger charge is 2.01. The number of nitrogens with zero attached hydrogens (tertiary/aromatic N) is 2. The SMILES string of the molecule is [CH2]c1cc(N(C)C)cc(N(C)C)c1. The van der Waals surface area contributed by atoms with Gasteiger partial charge in [0.25, 0.3) is 0 Å². The van der Waals surface area contributed by atoms with Crippen molar-refractivity contribution in [1.29, 1.82) is 0 Å². The second kappa shape index (κ2) is 3.69. The van der Waals surface area contributed by atoms with E-state index in [1.54, 1.807) is 0 Å². The van der Waals surface area contributed by atoms with Crippen molar-refractivity contribution in [3.8, 4) is 0 Å². The molecule has 2 heteroatoms. The first-order valence-corrected chi connectivity index (χ1v) is 4.32. The Bertz CT molecular complexity index is 264. The molecule has 2 nitrogen and oxygen atoms in total. The van der Waals surface area contributed by atoms with E-state index in [0.717, 1.165) is 5.56 Å². The highest BCUT2D eigenvalue weighted by Crippen LogP contribution is 2.22. The predicted octanol–water partition coefficient (Wildman–Crippen LogP) is 2.00. The molecule has 0 atom stereocenters. The lowest BCUT2D eigenvalue weighted by molar-refractivity contribution is 1.10. The van der Waals surface area contributed by atoms with Crippen LogP contribution in [0.1, 0.15) is 5.56 Å². The summed E-state index contributed by atoms with van der Waals surface area (Å²) in [6.07, 6.45) is 0. The summed E-state index contributed by atoms with van der Waals surface area (Å²) < 4.78 is 0. The molecule has 0 amide bonds. The lowest BCUT2D eigenvalue weighted by atomic mass is 10.2. The van der Waals surface area contributed by atoms with Crippen LogP contribution in [0.25, 0.3) is 0 Å². The molecule has 0 aromatic heterocycles. The Morgan fingerprint density at radius 1 is 0.846 bits per heavy atom. The lowest BCUT2D eigenvalue weighted by Crippen LogP contribution is -2.12. The Morgan fingerprint density at radius 2 is 1.23 bits per heavy atom. The summed E-state index contributed by atoms with van der Waals surface area (Å²) in [4.78, 5) is 4.17. The number of anilines is 2. The second-order valence-electron chi connectivity index (χ2n) is 3.65. The van der Waals surface area contributed by atoms with Crippen LogP contribution in [0.5, 0.6) is 0 Å². The van der Waals surface area contributed by atoms with E-state index in [2.05, 4.69) is 34.9 Å². The molecule has 1 aromatic carbocycles. The third-order valence-electron chi connectivity index (χ3n) is 2.00. The number of rotatable bonds is 2. The van der Waals surface area contributed by atoms with Crippen LogP contribution in [0.4, 0.5) is 11.4 Å². The van der Waals surface area contributed by atoms with Crippen LogP contribution < -0.4 is 9.80 Å². The molecule has 0 fully saturated rings. The Hall–Kier alpha value is -1.18. The van der Waals surface area contributed by atoms with Gasteiger partial charge in [-0.25, -0.2) is 0 Å². The molecule has 0 aliphatic heterocycles. The van der Waals surface area contributed by atoms with Crippen LogP contribution in [0.15, 0.2) is 18.2 Å². The largest absolute Gasteiger partial charge is 0.378 e. The standard InChI is InChI=1S/C11H17N2/c1-9-6-10(12(2)3)8-11(7-9)13(4)5/h6-8H,1H2,2-5H3. The van der Waals surface area contributed by atoms with Crippen LogP contribution in [-0.4, -0.2) is 28.2 Å². The van der Waals surface area contributed by atoms with Crippen molar-refractivity contribution < 1.29 is 0 Å². The van der Waals surface area contributed by atoms with E-state index in [4.69, 9.17) is 0 Å². The Labute approximate surface area is 80.8 Å². The zero-order chi connectivity index (χ0) is 10.0. The van der Waals surface area contributed by atoms with Crippen LogP contribution in [0, 0.1) is 6.92 Å². The van der Waals surface area contributed by atoms with Gasteiger partial charge in [0.05, 0.1) is 0 Å². The first-order chi connectivity index (χ1) is 6.00. The van der Waals surface area contributed by atoms with Gasteiger partial charge >= 0.3 is 0 Å². The molecule has 0 bridgehead atoms. The van der Waals surface area contributed by atoms with Gasteiger partial charge in [0.2, 0.25) is 0 Å². The van der Waals surface area contributed by atoms with Crippen molar-refractivity contribution in [2.45, 2.75) is 0 Å². The first-order valence-electron chi connectivity index (χ1n) is 4.32. The van der Waals surface area contributed by atoms with Gasteiger partial charge in [-0.05, 0) is 30.7 Å². The molecule has 0 aliphatic rings. The maximum Gasteiger partial charge on any atom is 0.0384 e. The van der Waals surface area contributed by atoms with Crippen LogP contribution >= 0.6 is 0 Å². The molecular weight excluding hydrogens is 160 g/mol. The van der Waals surface area contributed by atoms with E-state index in [1.807, 2.05) is 28.2 Å². The van der Waals surface area contributed by atoms with Gasteiger partial charge in [-0.3, -0.25) is 0 Å². The number of benzene rings is 1. The monoisotopic (exact) mass is 177 g/mol. The molecule has 0 saturated heterocycles. The van der Waals surface area contributed by atoms with Crippen LogP contribution in [0.2, 0.25) is 0 Å². The maximum atomic E-state index is 3.95. The average molecular weight is 177 g/mol. The van der Waals surface area contributed by atoms with Crippen molar-refractivity contribution in [2.24, 2.45) is 0 Å². The normalized spacial score (nSPS) is 9.92.